The summed E-state index contributed by atoms with van der Waals surface area (Å²) in [6.45, 7) is 2.64. The van der Waals surface area contributed by atoms with E-state index < -0.39 is 46.9 Å². The van der Waals surface area contributed by atoms with Gasteiger partial charge in [0.25, 0.3) is 5.91 Å². The first-order chi connectivity index (χ1) is 18.4. The van der Waals surface area contributed by atoms with Crippen LogP contribution in [0.2, 0.25) is 0 Å². The summed E-state index contributed by atoms with van der Waals surface area (Å²) in [7, 11) is 0. The van der Waals surface area contributed by atoms with E-state index in [4.69, 9.17) is 10.5 Å². The van der Waals surface area contributed by atoms with E-state index in [1.165, 1.54) is 4.90 Å². The van der Waals surface area contributed by atoms with Crippen molar-refractivity contribution in [1.82, 2.24) is 10.2 Å². The van der Waals surface area contributed by atoms with Gasteiger partial charge in [0.05, 0.1) is 30.2 Å². The van der Waals surface area contributed by atoms with Gasteiger partial charge in [0.2, 0.25) is 11.8 Å². The van der Waals surface area contributed by atoms with Gasteiger partial charge in [-0.2, -0.15) is 13.2 Å². The maximum absolute atomic E-state index is 14.9. The van der Waals surface area contributed by atoms with Gasteiger partial charge < -0.3 is 20.7 Å². The van der Waals surface area contributed by atoms with E-state index in [0.717, 1.165) is 12.1 Å². The van der Waals surface area contributed by atoms with Crippen LogP contribution in [0, 0.1) is 17.7 Å². The van der Waals surface area contributed by atoms with Gasteiger partial charge in [-0.3, -0.25) is 14.4 Å². The van der Waals surface area contributed by atoms with Gasteiger partial charge in [0, 0.05) is 23.6 Å². The van der Waals surface area contributed by atoms with Crippen molar-refractivity contribution in [3.8, 4) is 0 Å². The van der Waals surface area contributed by atoms with Crippen molar-refractivity contribution < 1.29 is 36.7 Å². The van der Waals surface area contributed by atoms with Crippen molar-refractivity contribution in [3.05, 3.63) is 70.5 Å². The van der Waals surface area contributed by atoms with Crippen molar-refractivity contribution in [1.29, 1.82) is 0 Å². The first kappa shape index (κ1) is 27.1. The summed E-state index contributed by atoms with van der Waals surface area (Å²) >= 11 is 0. The minimum absolute atomic E-state index is 0.00145. The van der Waals surface area contributed by atoms with E-state index in [1.807, 2.05) is 6.92 Å². The molecule has 2 aliphatic heterocycles. The van der Waals surface area contributed by atoms with Crippen LogP contribution in [0.15, 0.2) is 42.5 Å². The van der Waals surface area contributed by atoms with Gasteiger partial charge in [0.15, 0.2) is 0 Å². The number of alkyl halides is 3. The quantitative estimate of drug-likeness (QED) is 0.516. The average Bonchev–Trinajstić information content (AvgIpc) is 3.58. The lowest BCUT2D eigenvalue weighted by Crippen LogP contribution is -2.50. The molecule has 7 nitrogen and oxygen atoms in total. The number of amides is 3. The van der Waals surface area contributed by atoms with Crippen LogP contribution in [0.3, 0.4) is 0 Å². The van der Waals surface area contributed by atoms with E-state index >= 15 is 0 Å². The number of hydrogen-bond acceptors (Lipinski definition) is 4. The molecule has 0 bridgehead atoms. The summed E-state index contributed by atoms with van der Waals surface area (Å²) in [6, 6.07) is 7.17. The van der Waals surface area contributed by atoms with Crippen LogP contribution in [0.4, 0.5) is 17.6 Å². The number of benzene rings is 2. The summed E-state index contributed by atoms with van der Waals surface area (Å²) in [4.78, 5) is 40.5. The fourth-order valence-electron chi connectivity index (χ4n) is 5.54. The molecule has 5 rings (SSSR count). The number of nitrogens with zero attached hydrogens (tertiary/aromatic N) is 1. The van der Waals surface area contributed by atoms with Crippen molar-refractivity contribution >= 4 is 17.7 Å². The fourth-order valence-corrected chi connectivity index (χ4v) is 5.54. The number of carbonyl (C=O) groups is 3. The third-order valence-corrected chi connectivity index (χ3v) is 8.05. The molecule has 3 aliphatic rings. The van der Waals surface area contributed by atoms with Gasteiger partial charge in [-0.05, 0) is 55.0 Å². The number of carbonyl (C=O) groups excluding carboxylic acids is 3. The molecular weight excluding hydrogens is 518 g/mol. The number of ether oxygens (including phenoxy) is 1. The van der Waals surface area contributed by atoms with Crippen LogP contribution < -0.4 is 11.1 Å². The Morgan fingerprint density at radius 1 is 1.13 bits per heavy atom. The predicted octanol–water partition coefficient (Wildman–Crippen LogP) is 3.72. The van der Waals surface area contributed by atoms with Gasteiger partial charge in [-0.15, -0.1) is 0 Å². The van der Waals surface area contributed by atoms with Crippen LogP contribution >= 0.6 is 0 Å². The summed E-state index contributed by atoms with van der Waals surface area (Å²) < 4.78 is 59.3. The average molecular weight is 548 g/mol. The summed E-state index contributed by atoms with van der Waals surface area (Å²) in [5, 5.41) is 2.80. The van der Waals surface area contributed by atoms with E-state index in [-0.39, 0.29) is 36.5 Å². The maximum Gasteiger partial charge on any atom is 0.416 e. The number of rotatable bonds is 7. The summed E-state index contributed by atoms with van der Waals surface area (Å²) in [5.74, 6) is -2.75. The van der Waals surface area contributed by atoms with Crippen molar-refractivity contribution in [2.75, 3.05) is 19.8 Å². The molecule has 39 heavy (non-hydrogen) atoms. The molecule has 3 amide bonds. The molecule has 2 saturated heterocycles. The fraction of sp³-hybridized carbons (Fsp3) is 0.464. The minimum atomic E-state index is -4.70. The molecule has 2 aromatic rings. The highest BCUT2D eigenvalue weighted by atomic mass is 19.4. The highest BCUT2D eigenvalue weighted by molar-refractivity contribution is 5.99. The Bertz CT molecular complexity index is 1310. The molecule has 3 N–H and O–H groups in total. The molecule has 0 aromatic heterocycles. The lowest BCUT2D eigenvalue weighted by Gasteiger charge is -2.36. The molecule has 1 aliphatic carbocycles. The Hall–Kier alpha value is -3.47. The monoisotopic (exact) mass is 547 g/mol. The topological polar surface area (TPSA) is 102 Å². The van der Waals surface area contributed by atoms with E-state index in [1.54, 1.807) is 24.3 Å². The molecule has 0 spiro atoms. The van der Waals surface area contributed by atoms with Crippen molar-refractivity contribution in [2.45, 2.75) is 49.9 Å². The zero-order chi connectivity index (χ0) is 28.1. The molecule has 3 fully saturated rings. The Labute approximate surface area is 222 Å². The van der Waals surface area contributed by atoms with Crippen molar-refractivity contribution in [2.24, 2.45) is 17.6 Å². The highest BCUT2D eigenvalue weighted by Gasteiger charge is 2.50. The zero-order valence-electron chi connectivity index (χ0n) is 21.3. The Morgan fingerprint density at radius 3 is 2.41 bits per heavy atom. The van der Waals surface area contributed by atoms with Gasteiger partial charge in [-0.25, -0.2) is 4.39 Å². The largest absolute Gasteiger partial charge is 0.416 e. The van der Waals surface area contributed by atoms with Crippen LogP contribution in [0.25, 0.3) is 0 Å². The van der Waals surface area contributed by atoms with Crippen LogP contribution in [0.1, 0.15) is 59.3 Å². The molecule has 0 radical (unpaired) electrons. The lowest BCUT2D eigenvalue weighted by molar-refractivity contribution is -0.138. The van der Waals surface area contributed by atoms with E-state index in [9.17, 15) is 31.9 Å². The highest BCUT2D eigenvalue weighted by Crippen LogP contribution is 2.48. The summed E-state index contributed by atoms with van der Waals surface area (Å²) in [5.41, 5.74) is 4.62. The lowest BCUT2D eigenvalue weighted by atomic mass is 9.90. The number of likely N-dealkylation sites (tertiary alicyclic amines) is 1. The molecule has 11 heteroatoms. The minimum Gasteiger partial charge on any atom is -0.381 e. The predicted molar refractivity (Wildman–Crippen MR) is 132 cm³/mol. The van der Waals surface area contributed by atoms with Gasteiger partial charge in [-0.1, -0.05) is 25.1 Å². The Kier molecular flexibility index (Phi) is 6.90. The molecule has 2 heterocycles. The first-order valence-corrected chi connectivity index (χ1v) is 12.9. The van der Waals surface area contributed by atoms with Gasteiger partial charge in [0.1, 0.15) is 11.9 Å². The second-order valence-electron chi connectivity index (χ2n) is 10.9. The number of primary amides is 1. The number of halogens is 4. The normalized spacial score (nSPS) is 23.2. The third kappa shape index (κ3) is 5.11. The third-order valence-electron chi connectivity index (χ3n) is 8.05. The Balaban J connectivity index is 1.37. The van der Waals surface area contributed by atoms with Gasteiger partial charge >= 0.3 is 6.18 Å². The second-order valence-corrected chi connectivity index (χ2v) is 10.9. The molecular formula is C28H29F4N3O4. The molecule has 0 unspecified atom stereocenters. The van der Waals surface area contributed by atoms with Crippen LogP contribution in [-0.4, -0.2) is 48.4 Å². The zero-order valence-corrected chi connectivity index (χ0v) is 21.3. The van der Waals surface area contributed by atoms with E-state index in [0.29, 0.717) is 43.0 Å². The van der Waals surface area contributed by atoms with Crippen LogP contribution in [-0.2, 0) is 25.9 Å². The number of hydrogen-bond donors (Lipinski definition) is 2. The van der Waals surface area contributed by atoms with E-state index in [2.05, 4.69) is 5.32 Å². The molecule has 208 valence electrons. The first-order valence-electron chi connectivity index (χ1n) is 12.9. The SMILES string of the molecule is C[C@@H]1C[C@H](C(=O)N[C@@H](c2ccc(C(F)(F)F)cc2F)C2COC2)N(C(=O)c2cccc(C3(C(N)=O)CC3)c2)C1. The smallest absolute Gasteiger partial charge is 0.381 e. The maximum atomic E-state index is 14.9. The molecule has 1 saturated carbocycles. The van der Waals surface area contributed by atoms with Crippen molar-refractivity contribution in [3.63, 3.8) is 0 Å². The standard InChI is InChI=1S/C28H29F4N3O4/c1-15-9-22(35(12-15)25(37)16-3-2-4-18(10-16)27(7-8-27)26(33)38)24(36)34-23(17-13-39-14-17)20-6-5-19(11-21(20)29)28(30,31)32/h2-6,10-11,15,17,22-23H,7-9,12-14H2,1H3,(H2,33,38)(H,34,36)/t15-,22-,23-/m1/s1. The van der Waals surface area contributed by atoms with Crippen LogP contribution in [0.5, 0.6) is 0 Å². The summed E-state index contributed by atoms with van der Waals surface area (Å²) in [6.07, 6.45) is -3.12. The number of nitrogens with two attached hydrogens (primary N) is 1. The Morgan fingerprint density at radius 2 is 1.85 bits per heavy atom. The number of nitrogens with one attached hydrogen (secondary N) is 1. The molecule has 2 aromatic carbocycles. The second kappa shape index (κ2) is 9.93. The molecule has 3 atom stereocenters.